The van der Waals surface area contributed by atoms with E-state index in [9.17, 15) is 0 Å². The van der Waals surface area contributed by atoms with E-state index in [0.717, 1.165) is 47.9 Å². The second-order valence-electron chi connectivity index (χ2n) is 6.71. The highest BCUT2D eigenvalue weighted by atomic mass is 19.1. The topological polar surface area (TPSA) is 36.3 Å². The molecule has 0 aliphatic carbocycles. The molecule has 2 aliphatic rings. The summed E-state index contributed by atoms with van der Waals surface area (Å²) < 4.78 is 28.6. The highest BCUT2D eigenvalue weighted by Gasteiger charge is 2.36. The van der Waals surface area contributed by atoms with E-state index in [4.69, 9.17) is 9.47 Å². The summed E-state index contributed by atoms with van der Waals surface area (Å²) in [7, 11) is 0. The van der Waals surface area contributed by atoms with Crippen molar-refractivity contribution >= 4 is 10.9 Å². The van der Waals surface area contributed by atoms with Crippen molar-refractivity contribution in [3.63, 3.8) is 0 Å². The molecular formula is C18H23FN2O2. The van der Waals surface area contributed by atoms with E-state index in [2.05, 4.69) is 5.10 Å². The van der Waals surface area contributed by atoms with Crippen molar-refractivity contribution in [1.82, 2.24) is 9.78 Å². The van der Waals surface area contributed by atoms with Crippen LogP contribution >= 0.6 is 0 Å². The molecule has 5 heteroatoms. The quantitative estimate of drug-likeness (QED) is 0.839. The highest BCUT2D eigenvalue weighted by Crippen LogP contribution is 2.40. The third kappa shape index (κ3) is 2.66. The summed E-state index contributed by atoms with van der Waals surface area (Å²) in [5.74, 6) is 0. The molecule has 0 bridgehead atoms. The zero-order valence-corrected chi connectivity index (χ0v) is 13.6. The van der Waals surface area contributed by atoms with E-state index in [-0.39, 0.29) is 6.23 Å². The van der Waals surface area contributed by atoms with E-state index in [1.807, 2.05) is 29.9 Å². The number of aromatic nitrogens is 2. The Morgan fingerprint density at radius 3 is 2.78 bits per heavy atom. The van der Waals surface area contributed by atoms with Gasteiger partial charge in [-0.1, -0.05) is 0 Å². The fourth-order valence-electron chi connectivity index (χ4n) is 3.80. The maximum absolute atomic E-state index is 15.4. The number of benzene rings is 1. The SMILES string of the molecule is Cc1cc2cnn(C3CCCCO3)c2cc1C1(F)CCOCC1. The second-order valence-corrected chi connectivity index (χ2v) is 6.71. The van der Waals surface area contributed by atoms with Gasteiger partial charge in [-0.05, 0) is 49.4 Å². The van der Waals surface area contributed by atoms with Crippen LogP contribution in [0.5, 0.6) is 0 Å². The van der Waals surface area contributed by atoms with Crippen LogP contribution in [0.4, 0.5) is 4.39 Å². The Labute approximate surface area is 135 Å². The molecule has 124 valence electrons. The maximum Gasteiger partial charge on any atom is 0.150 e. The van der Waals surface area contributed by atoms with Gasteiger partial charge in [-0.2, -0.15) is 5.10 Å². The van der Waals surface area contributed by atoms with Gasteiger partial charge >= 0.3 is 0 Å². The van der Waals surface area contributed by atoms with Crippen molar-refractivity contribution in [1.29, 1.82) is 0 Å². The van der Waals surface area contributed by atoms with E-state index in [0.29, 0.717) is 26.1 Å². The first-order valence-electron chi connectivity index (χ1n) is 8.54. The Morgan fingerprint density at radius 2 is 2.04 bits per heavy atom. The Balaban J connectivity index is 1.78. The molecule has 0 spiro atoms. The summed E-state index contributed by atoms with van der Waals surface area (Å²) in [6.07, 6.45) is 5.90. The number of ether oxygens (including phenoxy) is 2. The molecule has 0 radical (unpaired) electrons. The van der Waals surface area contributed by atoms with Gasteiger partial charge in [-0.25, -0.2) is 9.07 Å². The van der Waals surface area contributed by atoms with Gasteiger partial charge < -0.3 is 9.47 Å². The molecule has 23 heavy (non-hydrogen) atoms. The van der Waals surface area contributed by atoms with Crippen LogP contribution < -0.4 is 0 Å². The summed E-state index contributed by atoms with van der Waals surface area (Å²) in [6, 6.07) is 4.04. The lowest BCUT2D eigenvalue weighted by Gasteiger charge is -2.31. The summed E-state index contributed by atoms with van der Waals surface area (Å²) in [5, 5.41) is 5.57. The number of halogens is 1. The molecule has 1 aromatic heterocycles. The van der Waals surface area contributed by atoms with Gasteiger partial charge in [0.15, 0.2) is 6.23 Å². The standard InChI is InChI=1S/C18H23FN2O2/c1-13-10-14-12-20-21(17-4-2-3-7-23-17)16(14)11-15(13)18(19)5-8-22-9-6-18/h10-12,17H,2-9H2,1H3. The summed E-state index contributed by atoms with van der Waals surface area (Å²) in [6.45, 7) is 3.73. The molecule has 0 saturated carbocycles. The third-order valence-electron chi connectivity index (χ3n) is 5.14. The number of alkyl halides is 1. The van der Waals surface area contributed by atoms with E-state index in [1.54, 1.807) is 0 Å². The smallest absolute Gasteiger partial charge is 0.150 e. The number of hydrogen-bond acceptors (Lipinski definition) is 3. The molecule has 2 fully saturated rings. The monoisotopic (exact) mass is 318 g/mol. The third-order valence-corrected chi connectivity index (χ3v) is 5.14. The molecule has 3 heterocycles. The summed E-state index contributed by atoms with van der Waals surface area (Å²) >= 11 is 0. The van der Waals surface area contributed by atoms with Gasteiger partial charge in [-0.15, -0.1) is 0 Å². The molecule has 0 N–H and O–H groups in total. The first kappa shape index (κ1) is 15.1. The lowest BCUT2D eigenvalue weighted by molar-refractivity contribution is -0.0367. The largest absolute Gasteiger partial charge is 0.381 e. The lowest BCUT2D eigenvalue weighted by atomic mass is 9.85. The van der Waals surface area contributed by atoms with Gasteiger partial charge in [0.1, 0.15) is 5.67 Å². The van der Waals surface area contributed by atoms with Gasteiger partial charge in [0, 0.05) is 38.0 Å². The summed E-state index contributed by atoms with van der Waals surface area (Å²) in [4.78, 5) is 0. The number of aryl methyl sites for hydroxylation is 1. The van der Waals surface area contributed by atoms with Crippen molar-refractivity contribution in [2.45, 2.75) is 50.9 Å². The van der Waals surface area contributed by atoms with E-state index < -0.39 is 5.67 Å². The van der Waals surface area contributed by atoms with Crippen LogP contribution in [0, 0.1) is 6.92 Å². The van der Waals surface area contributed by atoms with Gasteiger partial charge in [-0.3, -0.25) is 0 Å². The number of fused-ring (bicyclic) bond motifs is 1. The lowest BCUT2D eigenvalue weighted by Crippen LogP contribution is -2.30. The van der Waals surface area contributed by atoms with E-state index in [1.165, 1.54) is 0 Å². The van der Waals surface area contributed by atoms with Crippen LogP contribution in [0.1, 0.15) is 49.5 Å². The number of rotatable bonds is 2. The molecule has 2 aromatic rings. The average Bonchev–Trinajstić information content (AvgIpc) is 2.98. The maximum atomic E-state index is 15.4. The van der Waals surface area contributed by atoms with Crippen LogP contribution in [-0.2, 0) is 15.1 Å². The molecule has 1 atom stereocenters. The van der Waals surface area contributed by atoms with Crippen molar-refractivity contribution in [3.05, 3.63) is 29.5 Å². The number of hydrogen-bond donors (Lipinski definition) is 0. The van der Waals surface area contributed by atoms with Gasteiger partial charge in [0.2, 0.25) is 0 Å². The average molecular weight is 318 g/mol. The zero-order valence-electron chi connectivity index (χ0n) is 13.6. The first-order chi connectivity index (χ1) is 11.2. The second kappa shape index (κ2) is 5.87. The Hall–Kier alpha value is -1.46. The fourth-order valence-corrected chi connectivity index (χ4v) is 3.80. The summed E-state index contributed by atoms with van der Waals surface area (Å²) in [5.41, 5.74) is 1.46. The minimum absolute atomic E-state index is 0.0259. The van der Waals surface area contributed by atoms with Crippen molar-refractivity contribution in [3.8, 4) is 0 Å². The Bertz CT molecular complexity index is 700. The van der Waals surface area contributed by atoms with Crippen LogP contribution in [0.2, 0.25) is 0 Å². The zero-order chi connectivity index (χ0) is 15.9. The van der Waals surface area contributed by atoms with Gasteiger partial charge in [0.25, 0.3) is 0 Å². The molecular weight excluding hydrogens is 295 g/mol. The minimum Gasteiger partial charge on any atom is -0.381 e. The highest BCUT2D eigenvalue weighted by molar-refractivity contribution is 5.81. The van der Waals surface area contributed by atoms with Crippen molar-refractivity contribution in [2.24, 2.45) is 0 Å². The van der Waals surface area contributed by atoms with Crippen LogP contribution in [0.25, 0.3) is 10.9 Å². The van der Waals surface area contributed by atoms with Crippen LogP contribution in [0.3, 0.4) is 0 Å². The normalized spacial score (nSPS) is 24.9. The van der Waals surface area contributed by atoms with E-state index >= 15 is 4.39 Å². The Kier molecular flexibility index (Phi) is 3.85. The van der Waals surface area contributed by atoms with Gasteiger partial charge in [0.05, 0.1) is 11.7 Å². The van der Waals surface area contributed by atoms with Crippen LogP contribution in [-0.4, -0.2) is 29.6 Å². The first-order valence-corrected chi connectivity index (χ1v) is 8.54. The predicted octanol–water partition coefficient (Wildman–Crippen LogP) is 4.02. The van der Waals surface area contributed by atoms with Crippen LogP contribution in [0.15, 0.2) is 18.3 Å². The molecule has 1 aromatic carbocycles. The molecule has 2 saturated heterocycles. The predicted molar refractivity (Wildman–Crippen MR) is 86.1 cm³/mol. The molecule has 2 aliphatic heterocycles. The number of nitrogens with zero attached hydrogens (tertiary/aromatic N) is 2. The molecule has 0 amide bonds. The Morgan fingerprint density at radius 1 is 1.22 bits per heavy atom. The molecule has 4 rings (SSSR count). The fraction of sp³-hybridized carbons (Fsp3) is 0.611. The molecule has 4 nitrogen and oxygen atoms in total. The molecule has 1 unspecified atom stereocenters. The minimum atomic E-state index is -1.29. The van der Waals surface area contributed by atoms with Crippen molar-refractivity contribution < 1.29 is 13.9 Å². The van der Waals surface area contributed by atoms with Crippen molar-refractivity contribution in [2.75, 3.05) is 19.8 Å².